The lowest BCUT2D eigenvalue weighted by atomic mass is 10.1. The molecule has 1 fully saturated rings. The Morgan fingerprint density at radius 2 is 1.58 bits per heavy atom. The molecule has 55 heavy (non-hydrogen) atoms. The van der Waals surface area contributed by atoms with Gasteiger partial charge in [0.2, 0.25) is 51.4 Å². The summed E-state index contributed by atoms with van der Waals surface area (Å²) in [6.07, 6.45) is 0.440. The van der Waals surface area contributed by atoms with Crippen molar-refractivity contribution in [3.05, 3.63) is 30.0 Å². The highest BCUT2D eigenvalue weighted by atomic mass is 32.2. The minimum absolute atomic E-state index is 0.0427. The number of phenols is 1. The van der Waals surface area contributed by atoms with Gasteiger partial charge < -0.3 is 52.5 Å². The minimum Gasteiger partial charge on any atom is -0.506 e. The zero-order chi connectivity index (χ0) is 41.2. The van der Waals surface area contributed by atoms with Crippen LogP contribution < -0.4 is 32.3 Å². The second-order valence-corrected chi connectivity index (χ2v) is 15.1. The van der Waals surface area contributed by atoms with Crippen LogP contribution in [0, 0.1) is 0 Å². The standard InChI is InChI=1S/C32H45N9O12S2/c1-16(44)35-19(11-17-6-7-18-25(55(52,53)40(2)3)9-8-24(45)27(18)36-17)32(51)41-10-4-5-23(41)31(50)34-12-26(46)37-22(15-54)30(49)39-21(14-43)29(48)38-20(13-42)28(33)47/h6-9,19-23,42-43,45,54H,4-5,10-15H2,1-3H3,(H2,33,47)(H,34,50)(H,35,44)(H,37,46)(H,38,48)(H,39,49)/t19-,20-,21-,22-,23-/m0/s1. The van der Waals surface area contributed by atoms with Crippen LogP contribution in [0.2, 0.25) is 0 Å². The number of aliphatic hydroxyl groups excluding tert-OH is 2. The van der Waals surface area contributed by atoms with E-state index >= 15 is 0 Å². The topological polar surface area (TPSA) is 320 Å². The van der Waals surface area contributed by atoms with Gasteiger partial charge in [-0.15, -0.1) is 0 Å². The van der Waals surface area contributed by atoms with Crippen molar-refractivity contribution in [2.75, 3.05) is 46.2 Å². The van der Waals surface area contributed by atoms with E-state index in [1.54, 1.807) is 0 Å². The number of pyridine rings is 1. The SMILES string of the molecule is CC(=O)N[C@@H](Cc1ccc2c(S(=O)(=O)N(C)C)ccc(O)c2n1)C(=O)N1CCC[C@H]1C(=O)NCC(=O)N[C@@H](CS)C(=O)N[C@@H](CO)C(=O)N[C@@H](CO)C(N)=O. The molecule has 1 saturated heterocycles. The van der Waals surface area contributed by atoms with E-state index in [2.05, 4.69) is 44.2 Å². The summed E-state index contributed by atoms with van der Waals surface area (Å²) in [6, 6.07) is -1.35. The molecule has 1 aromatic carbocycles. The lowest BCUT2D eigenvalue weighted by Gasteiger charge is -2.28. The fourth-order valence-corrected chi connectivity index (χ4v) is 6.91. The smallest absolute Gasteiger partial charge is 0.246 e. The highest BCUT2D eigenvalue weighted by molar-refractivity contribution is 7.89. The summed E-state index contributed by atoms with van der Waals surface area (Å²) in [6.45, 7) is -1.05. The molecule has 0 bridgehead atoms. The van der Waals surface area contributed by atoms with Crippen LogP contribution in [0.5, 0.6) is 5.75 Å². The van der Waals surface area contributed by atoms with Crippen molar-refractivity contribution >= 4 is 74.9 Å². The number of nitrogens with zero attached hydrogens (tertiary/aromatic N) is 3. The van der Waals surface area contributed by atoms with Gasteiger partial charge in [0.1, 0.15) is 41.5 Å². The zero-order valence-electron chi connectivity index (χ0n) is 30.1. The maximum atomic E-state index is 13.8. The molecule has 1 aliphatic rings. The molecule has 0 spiro atoms. The number of benzene rings is 1. The van der Waals surface area contributed by atoms with E-state index in [-0.39, 0.29) is 52.4 Å². The molecule has 7 amide bonds. The third-order valence-corrected chi connectivity index (χ3v) is 10.7. The number of aromatic hydroxyl groups is 1. The molecule has 0 radical (unpaired) electrons. The van der Waals surface area contributed by atoms with E-state index in [4.69, 9.17) is 5.73 Å². The monoisotopic (exact) mass is 811 g/mol. The Labute approximate surface area is 321 Å². The van der Waals surface area contributed by atoms with Gasteiger partial charge in [-0.2, -0.15) is 12.6 Å². The number of rotatable bonds is 18. The van der Waals surface area contributed by atoms with Gasteiger partial charge in [0.15, 0.2) is 0 Å². The first-order chi connectivity index (χ1) is 25.8. The highest BCUT2D eigenvalue weighted by Crippen LogP contribution is 2.30. The molecule has 21 nitrogen and oxygen atoms in total. The predicted molar refractivity (Wildman–Crippen MR) is 196 cm³/mol. The van der Waals surface area contributed by atoms with Crippen LogP contribution in [0.25, 0.3) is 10.9 Å². The number of amides is 7. The molecule has 0 unspecified atom stereocenters. The summed E-state index contributed by atoms with van der Waals surface area (Å²) in [4.78, 5) is 93.9. The number of hydrogen-bond donors (Lipinski definition) is 10. The van der Waals surface area contributed by atoms with Crippen molar-refractivity contribution in [2.45, 2.75) is 61.3 Å². The van der Waals surface area contributed by atoms with Crippen LogP contribution >= 0.6 is 12.6 Å². The van der Waals surface area contributed by atoms with Crippen molar-refractivity contribution in [3.8, 4) is 5.75 Å². The van der Waals surface area contributed by atoms with Crippen LogP contribution in [0.15, 0.2) is 29.2 Å². The second-order valence-electron chi connectivity index (χ2n) is 12.6. The number of aromatic nitrogens is 1. The number of aliphatic hydroxyl groups is 2. The number of likely N-dealkylation sites (tertiary alicyclic amines) is 1. The molecule has 23 heteroatoms. The number of thiol groups is 1. The summed E-state index contributed by atoms with van der Waals surface area (Å²) in [5, 5.41) is 41.0. The van der Waals surface area contributed by atoms with Gasteiger partial charge in [-0.25, -0.2) is 17.7 Å². The van der Waals surface area contributed by atoms with Gasteiger partial charge in [0.05, 0.1) is 24.7 Å². The first kappa shape index (κ1) is 44.3. The summed E-state index contributed by atoms with van der Waals surface area (Å²) >= 11 is 4.03. The van der Waals surface area contributed by atoms with Crippen molar-refractivity contribution in [2.24, 2.45) is 5.73 Å². The van der Waals surface area contributed by atoms with Gasteiger partial charge in [-0.1, -0.05) is 0 Å². The first-order valence-electron chi connectivity index (χ1n) is 16.8. The maximum absolute atomic E-state index is 13.8. The number of phenolic OH excluding ortho intramolecular Hbond substituents is 1. The molecular formula is C32H45N9O12S2. The number of sulfonamides is 1. The first-order valence-corrected chi connectivity index (χ1v) is 18.8. The third-order valence-electron chi connectivity index (χ3n) is 8.46. The van der Waals surface area contributed by atoms with Crippen LogP contribution in [0.4, 0.5) is 0 Å². The quantitative estimate of drug-likeness (QED) is 0.0633. The average Bonchev–Trinajstić information content (AvgIpc) is 3.63. The van der Waals surface area contributed by atoms with E-state index in [1.807, 2.05) is 0 Å². The summed E-state index contributed by atoms with van der Waals surface area (Å²) in [5.74, 6) is -6.39. The predicted octanol–water partition coefficient (Wildman–Crippen LogP) is -4.80. The number of primary amides is 1. The fraction of sp³-hybridized carbons (Fsp3) is 0.500. The van der Waals surface area contributed by atoms with Crippen LogP contribution in [0.1, 0.15) is 25.5 Å². The highest BCUT2D eigenvalue weighted by Gasteiger charge is 2.38. The van der Waals surface area contributed by atoms with Crippen molar-refractivity contribution < 1.29 is 57.3 Å². The lowest BCUT2D eigenvalue weighted by Crippen LogP contribution is -2.59. The summed E-state index contributed by atoms with van der Waals surface area (Å²) in [7, 11) is -1.20. The van der Waals surface area contributed by atoms with Gasteiger partial charge in [-0.3, -0.25) is 33.6 Å². The van der Waals surface area contributed by atoms with E-state index in [9.17, 15) is 57.3 Å². The van der Waals surface area contributed by atoms with Gasteiger partial charge in [0, 0.05) is 50.8 Å². The number of nitrogens with one attached hydrogen (secondary N) is 5. The second kappa shape index (κ2) is 19.5. The minimum atomic E-state index is -3.91. The molecule has 3 rings (SSSR count). The Kier molecular flexibility index (Phi) is 15.7. The maximum Gasteiger partial charge on any atom is 0.246 e. The van der Waals surface area contributed by atoms with E-state index in [0.717, 1.165) is 4.31 Å². The largest absolute Gasteiger partial charge is 0.506 e. The number of carbonyl (C=O) groups excluding carboxylic acids is 7. The van der Waals surface area contributed by atoms with Gasteiger partial charge >= 0.3 is 0 Å². The number of hydrogen-bond acceptors (Lipinski definition) is 14. The van der Waals surface area contributed by atoms with Crippen LogP contribution in [0.3, 0.4) is 0 Å². The zero-order valence-corrected chi connectivity index (χ0v) is 31.9. The summed E-state index contributed by atoms with van der Waals surface area (Å²) < 4.78 is 26.7. The molecule has 302 valence electrons. The van der Waals surface area contributed by atoms with Crippen molar-refractivity contribution in [3.63, 3.8) is 0 Å². The molecule has 2 heterocycles. The molecule has 1 aliphatic heterocycles. The number of nitrogens with two attached hydrogens (primary N) is 1. The van der Waals surface area contributed by atoms with Crippen molar-refractivity contribution in [1.29, 1.82) is 0 Å². The molecule has 2 aromatic rings. The molecule has 5 atom stereocenters. The normalized spacial score (nSPS) is 16.4. The number of carbonyl (C=O) groups is 7. The molecular weight excluding hydrogens is 767 g/mol. The van der Waals surface area contributed by atoms with Crippen LogP contribution in [-0.4, -0.2) is 156 Å². The Hall–Kier alpha value is -5.10. The lowest BCUT2D eigenvalue weighted by molar-refractivity contribution is -0.141. The van der Waals surface area contributed by atoms with E-state index < -0.39 is 101 Å². The van der Waals surface area contributed by atoms with Crippen molar-refractivity contribution in [1.82, 2.24) is 40.8 Å². The average molecular weight is 812 g/mol. The van der Waals surface area contributed by atoms with Crippen LogP contribution in [-0.2, 0) is 50.0 Å². The summed E-state index contributed by atoms with van der Waals surface area (Å²) in [5.41, 5.74) is 5.24. The molecule has 0 saturated carbocycles. The van der Waals surface area contributed by atoms with E-state index in [1.165, 1.54) is 50.2 Å². The number of fused-ring (bicyclic) bond motifs is 1. The van der Waals surface area contributed by atoms with E-state index in [0.29, 0.717) is 6.42 Å². The Morgan fingerprint density at radius 3 is 2.16 bits per heavy atom. The van der Waals surface area contributed by atoms with Gasteiger partial charge in [-0.05, 0) is 37.1 Å². The Morgan fingerprint density at radius 1 is 0.945 bits per heavy atom. The third kappa shape index (κ3) is 11.2. The molecule has 0 aliphatic carbocycles. The fourth-order valence-electron chi connectivity index (χ4n) is 5.58. The Bertz CT molecular complexity index is 1910. The molecule has 1 aromatic heterocycles. The Balaban J connectivity index is 1.68. The molecule has 10 N–H and O–H groups in total. The van der Waals surface area contributed by atoms with Gasteiger partial charge in [0.25, 0.3) is 0 Å².